The fourth-order valence-electron chi connectivity index (χ4n) is 5.07. The third-order valence-corrected chi connectivity index (χ3v) is 6.58. The standard InChI is InChI=1S/C18H30B2N5O4/c1-2-28-15(26)6-8-29-16(27)13-10-12-9-11(3-4-14(21)24-25-22)5-7-17(12)18(19,20-17)23-13/h11-13,23,25H,2-10,22H2,1H3,(H2,21,24). The lowest BCUT2D eigenvalue weighted by Gasteiger charge is -2.47. The molecule has 0 amide bonds. The Morgan fingerprint density at radius 1 is 1.34 bits per heavy atom. The Morgan fingerprint density at radius 3 is 2.86 bits per heavy atom. The molecule has 2 aliphatic heterocycles. The van der Waals surface area contributed by atoms with E-state index in [4.69, 9.17) is 28.9 Å². The van der Waals surface area contributed by atoms with Crippen LogP contribution in [0.3, 0.4) is 0 Å². The summed E-state index contributed by atoms with van der Waals surface area (Å²) in [6.45, 7) is 2.07. The van der Waals surface area contributed by atoms with Crippen molar-refractivity contribution < 1.29 is 19.1 Å². The molecule has 157 valence electrons. The van der Waals surface area contributed by atoms with Crippen LogP contribution < -0.4 is 22.4 Å². The molecule has 5 atom stereocenters. The molecule has 9 nitrogen and oxygen atoms in total. The Kier molecular flexibility index (Phi) is 6.78. The molecule has 2 heterocycles. The summed E-state index contributed by atoms with van der Waals surface area (Å²) < 4.78 is 10.1. The minimum atomic E-state index is -0.615. The first-order chi connectivity index (χ1) is 13.8. The molecule has 1 spiro atoms. The molecule has 1 saturated carbocycles. The zero-order valence-electron chi connectivity index (χ0n) is 17.0. The Morgan fingerprint density at radius 2 is 2.14 bits per heavy atom. The molecule has 3 aliphatic rings. The lowest BCUT2D eigenvalue weighted by atomic mass is 9.60. The maximum atomic E-state index is 12.5. The smallest absolute Gasteiger partial charge is 0.323 e. The highest BCUT2D eigenvalue weighted by Gasteiger charge is 2.71. The molecular weight excluding hydrogens is 372 g/mol. The summed E-state index contributed by atoms with van der Waals surface area (Å²) in [6, 6.07) is -0.467. The van der Waals surface area contributed by atoms with Crippen LogP contribution in [-0.4, -0.2) is 57.5 Å². The molecule has 2 saturated heterocycles. The predicted octanol–water partition coefficient (Wildman–Crippen LogP) is -0.524. The van der Waals surface area contributed by atoms with Crippen LogP contribution in [0, 0.1) is 11.8 Å². The van der Waals surface area contributed by atoms with E-state index in [2.05, 4.69) is 23.2 Å². The first-order valence-electron chi connectivity index (χ1n) is 10.4. The number of ether oxygens (including phenoxy) is 2. The summed E-state index contributed by atoms with van der Waals surface area (Å²) in [5.74, 6) is 5.75. The molecule has 3 fully saturated rings. The van der Waals surface area contributed by atoms with Crippen molar-refractivity contribution in [3.8, 4) is 0 Å². The molecule has 1 aliphatic carbocycles. The van der Waals surface area contributed by atoms with Crippen LogP contribution in [0.15, 0.2) is 5.10 Å². The number of nitrogens with zero attached hydrogens (tertiary/aromatic N) is 1. The quantitative estimate of drug-likeness (QED) is 0.101. The molecule has 0 aromatic heterocycles. The predicted molar refractivity (Wildman–Crippen MR) is 110 cm³/mol. The highest BCUT2D eigenvalue weighted by molar-refractivity contribution is 6.72. The topological polar surface area (TPSA) is 141 Å². The van der Waals surface area contributed by atoms with Gasteiger partial charge in [0.15, 0.2) is 0 Å². The Labute approximate surface area is 173 Å². The Bertz CT molecular complexity index is 666. The Hall–Kier alpha value is -1.74. The maximum absolute atomic E-state index is 12.5. The SMILES string of the molecule is [B]C12[B]C13CCC(CC/C(N)=N/NN)CC3CC(C(=O)OCCC(=O)OCC)N2. The third kappa shape index (κ3) is 4.71. The molecule has 5 unspecified atom stereocenters. The number of hydrogen-bond donors (Lipinski definition) is 4. The molecule has 0 bridgehead atoms. The second kappa shape index (κ2) is 8.95. The van der Waals surface area contributed by atoms with Crippen molar-refractivity contribution in [1.82, 2.24) is 10.9 Å². The first-order valence-corrected chi connectivity index (χ1v) is 10.4. The molecule has 6 N–H and O–H groups in total. The minimum Gasteiger partial charge on any atom is -0.466 e. The zero-order chi connectivity index (χ0) is 21.1. The number of nitrogens with two attached hydrogens (primary N) is 2. The minimum absolute atomic E-state index is 0.0172. The van der Waals surface area contributed by atoms with Crippen molar-refractivity contribution in [1.29, 1.82) is 0 Å². The first kappa shape index (κ1) is 22.0. The van der Waals surface area contributed by atoms with Gasteiger partial charge in [-0.2, -0.15) is 5.10 Å². The maximum Gasteiger partial charge on any atom is 0.323 e. The van der Waals surface area contributed by atoms with E-state index in [1.165, 1.54) is 0 Å². The zero-order valence-corrected chi connectivity index (χ0v) is 17.0. The van der Waals surface area contributed by atoms with Crippen molar-refractivity contribution in [3.63, 3.8) is 0 Å². The van der Waals surface area contributed by atoms with Gasteiger partial charge >= 0.3 is 11.9 Å². The van der Waals surface area contributed by atoms with Gasteiger partial charge in [0.25, 0.3) is 0 Å². The van der Waals surface area contributed by atoms with E-state index < -0.39 is 11.4 Å². The second-order valence-electron chi connectivity index (χ2n) is 8.32. The van der Waals surface area contributed by atoms with E-state index in [0.717, 1.165) is 25.7 Å². The van der Waals surface area contributed by atoms with Gasteiger partial charge in [-0.1, -0.05) is 18.2 Å². The monoisotopic (exact) mass is 402 g/mol. The Balaban J connectivity index is 1.52. The normalized spacial score (nSPS) is 35.5. The lowest BCUT2D eigenvalue weighted by Crippen LogP contribution is -2.55. The third-order valence-electron chi connectivity index (χ3n) is 6.58. The highest BCUT2D eigenvalue weighted by Crippen LogP contribution is 2.69. The van der Waals surface area contributed by atoms with Crippen molar-refractivity contribution in [2.45, 2.75) is 68.6 Å². The summed E-state index contributed by atoms with van der Waals surface area (Å²) >= 11 is 0. The van der Waals surface area contributed by atoms with Gasteiger partial charge in [-0.15, -0.1) is 0 Å². The average molecular weight is 402 g/mol. The van der Waals surface area contributed by atoms with Crippen molar-refractivity contribution in [2.24, 2.45) is 28.5 Å². The molecule has 0 aromatic rings. The number of hydrazine groups is 1. The largest absolute Gasteiger partial charge is 0.466 e. The lowest BCUT2D eigenvalue weighted by molar-refractivity contribution is -0.151. The van der Waals surface area contributed by atoms with Gasteiger partial charge in [0.1, 0.15) is 25.8 Å². The summed E-state index contributed by atoms with van der Waals surface area (Å²) in [6.07, 6.45) is 5.43. The van der Waals surface area contributed by atoms with Gasteiger partial charge < -0.3 is 20.5 Å². The van der Waals surface area contributed by atoms with E-state index in [9.17, 15) is 9.59 Å². The van der Waals surface area contributed by atoms with Gasteiger partial charge in [0, 0.05) is 6.42 Å². The van der Waals surface area contributed by atoms with Gasteiger partial charge in [-0.3, -0.25) is 9.59 Å². The number of hydrogen-bond acceptors (Lipinski definition) is 8. The van der Waals surface area contributed by atoms with Crippen LogP contribution in [0.5, 0.6) is 0 Å². The summed E-state index contributed by atoms with van der Waals surface area (Å²) in [7, 11) is 8.69. The number of hydrazone groups is 1. The van der Waals surface area contributed by atoms with Crippen LogP contribution >= 0.6 is 0 Å². The molecule has 0 aromatic carbocycles. The fraction of sp³-hybridized carbons (Fsp3) is 0.833. The molecule has 3 rings (SSSR count). The van der Waals surface area contributed by atoms with Crippen LogP contribution in [0.2, 0.25) is 5.31 Å². The highest BCUT2D eigenvalue weighted by atomic mass is 16.5. The summed E-state index contributed by atoms with van der Waals surface area (Å²) in [4.78, 5) is 23.9. The number of nitrogens with one attached hydrogen (secondary N) is 2. The number of esters is 2. The average Bonchev–Trinajstić information content (AvgIpc) is 3.29. The number of carbonyl (C=O) groups is 2. The van der Waals surface area contributed by atoms with E-state index in [1.807, 2.05) is 0 Å². The van der Waals surface area contributed by atoms with Crippen molar-refractivity contribution >= 4 is 32.9 Å². The number of rotatable bonds is 9. The number of amidine groups is 1. The van der Waals surface area contributed by atoms with E-state index in [0.29, 0.717) is 37.1 Å². The van der Waals surface area contributed by atoms with Crippen molar-refractivity contribution in [2.75, 3.05) is 13.2 Å². The van der Waals surface area contributed by atoms with E-state index >= 15 is 0 Å². The molecular formula is C18H30B2N5O4. The fourth-order valence-corrected chi connectivity index (χ4v) is 5.07. The van der Waals surface area contributed by atoms with Gasteiger partial charge in [-0.25, -0.2) is 11.4 Å². The van der Waals surface area contributed by atoms with Gasteiger partial charge in [0.2, 0.25) is 0 Å². The number of carbonyl (C=O) groups excluding carboxylic acids is 2. The molecule has 11 heteroatoms. The van der Waals surface area contributed by atoms with Crippen LogP contribution in [0.25, 0.3) is 0 Å². The van der Waals surface area contributed by atoms with Crippen LogP contribution in [0.4, 0.5) is 0 Å². The van der Waals surface area contributed by atoms with Crippen LogP contribution in [0.1, 0.15) is 51.9 Å². The summed E-state index contributed by atoms with van der Waals surface area (Å²) in [5, 5.41) is 6.42. The number of piperidine rings is 1. The molecule has 29 heavy (non-hydrogen) atoms. The van der Waals surface area contributed by atoms with E-state index in [-0.39, 0.29) is 30.3 Å². The van der Waals surface area contributed by atoms with Gasteiger partial charge in [-0.05, 0) is 43.4 Å². The van der Waals surface area contributed by atoms with Gasteiger partial charge in [0.05, 0.1) is 20.9 Å². The van der Waals surface area contributed by atoms with Crippen molar-refractivity contribution in [3.05, 3.63) is 0 Å². The van der Waals surface area contributed by atoms with Crippen LogP contribution in [-0.2, 0) is 19.1 Å². The second-order valence-corrected chi connectivity index (χ2v) is 8.32. The molecule has 3 radical (unpaired) electrons. The van der Waals surface area contributed by atoms with E-state index in [1.54, 1.807) is 6.92 Å². The summed E-state index contributed by atoms with van der Waals surface area (Å²) in [5.41, 5.74) is 8.03.